The van der Waals surface area contributed by atoms with Gasteiger partial charge in [0.15, 0.2) is 4.90 Å². The van der Waals surface area contributed by atoms with Crippen molar-refractivity contribution >= 4 is 33.8 Å². The molecule has 0 aliphatic rings. The van der Waals surface area contributed by atoms with Gasteiger partial charge in [0.25, 0.3) is 0 Å². The van der Waals surface area contributed by atoms with Crippen LogP contribution in [0.2, 0.25) is 0 Å². The van der Waals surface area contributed by atoms with Crippen LogP contribution in [0.4, 0.5) is 18.9 Å². The molecule has 0 radical (unpaired) electrons. The average Bonchev–Trinajstić information content (AvgIpc) is 2.61. The van der Waals surface area contributed by atoms with Crippen molar-refractivity contribution < 1.29 is 32.7 Å². The van der Waals surface area contributed by atoms with Gasteiger partial charge in [-0.1, -0.05) is 30.3 Å². The molecule has 0 spiro atoms. The highest BCUT2D eigenvalue weighted by Crippen LogP contribution is 2.38. The van der Waals surface area contributed by atoms with Crippen molar-refractivity contribution in [1.29, 1.82) is 0 Å². The number of aromatic hydroxyl groups is 1. The Morgan fingerprint density at radius 1 is 1.04 bits per heavy atom. The molecule has 0 fully saturated rings. The number of carbonyl (C=O) groups is 1. The summed E-state index contributed by atoms with van der Waals surface area (Å²) in [5.74, 6) is -1.96. The number of hydrogen-bond acceptors (Lipinski definition) is 4. The Kier molecular flexibility index (Phi) is 4.90. The molecular weight excluding hydrogens is 383 g/mol. The molecule has 3 aromatic rings. The van der Waals surface area contributed by atoms with Gasteiger partial charge in [0.1, 0.15) is 22.7 Å². The maximum absolute atomic E-state index is 13.1. The molecule has 1 atom stereocenters. The second kappa shape index (κ2) is 7.01. The number of fused-ring (bicyclic) bond motifs is 1. The van der Waals surface area contributed by atoms with E-state index in [2.05, 4.69) is 4.72 Å². The van der Waals surface area contributed by atoms with Crippen LogP contribution < -0.4 is 4.72 Å². The summed E-state index contributed by atoms with van der Waals surface area (Å²) in [6.45, 7) is 0. The zero-order valence-corrected chi connectivity index (χ0v) is 14.3. The summed E-state index contributed by atoms with van der Waals surface area (Å²) >= 11 is -2.21. The lowest BCUT2D eigenvalue weighted by molar-refractivity contribution is -0.136. The molecule has 3 rings (SSSR count). The molecule has 27 heavy (non-hydrogen) atoms. The van der Waals surface area contributed by atoms with E-state index in [1.54, 1.807) is 12.1 Å². The Labute approximate surface area is 154 Å². The molecule has 0 saturated carbocycles. The number of para-hydroxylation sites is 1. The first-order chi connectivity index (χ1) is 12.7. The maximum Gasteiger partial charge on any atom is 0.418 e. The number of nitrogens with one attached hydrogen (secondary N) is 1. The van der Waals surface area contributed by atoms with E-state index in [-0.39, 0.29) is 15.7 Å². The van der Waals surface area contributed by atoms with E-state index in [4.69, 9.17) is 0 Å². The van der Waals surface area contributed by atoms with E-state index in [1.807, 2.05) is 0 Å². The van der Waals surface area contributed by atoms with Crippen molar-refractivity contribution in [2.45, 2.75) is 11.1 Å². The molecule has 0 heterocycles. The second-order valence-corrected chi connectivity index (χ2v) is 6.72. The molecule has 1 unspecified atom stereocenters. The summed E-state index contributed by atoms with van der Waals surface area (Å²) in [4.78, 5) is 11.3. The fourth-order valence-corrected chi connectivity index (χ4v) is 3.71. The standard InChI is InChI=1S/C18H12F3NO4S/c19-18(20,21)13-7-3-4-8-14(13)22-27(26)15-9-12(17(24)25)16(23)11-6-2-1-5-10(11)15/h1-9,22-23H,(H,24,25). The molecule has 0 bridgehead atoms. The summed E-state index contributed by atoms with van der Waals surface area (Å²) < 4.78 is 54.4. The Bertz CT molecular complexity index is 1020. The Hall–Kier alpha value is -2.91. The highest BCUT2D eigenvalue weighted by molar-refractivity contribution is 7.93. The Morgan fingerprint density at radius 2 is 1.63 bits per heavy atom. The van der Waals surface area contributed by atoms with E-state index < -0.39 is 46.1 Å². The predicted molar refractivity (Wildman–Crippen MR) is 94.0 cm³/mol. The minimum absolute atomic E-state index is 0.0576. The molecule has 0 saturated heterocycles. The number of rotatable bonds is 4. The highest BCUT2D eigenvalue weighted by atomic mass is 32.2. The lowest BCUT2D eigenvalue weighted by Gasteiger charge is -2.18. The molecule has 5 nitrogen and oxygen atoms in total. The minimum atomic E-state index is -4.66. The van der Waals surface area contributed by atoms with Crippen molar-refractivity contribution in [1.82, 2.24) is 0 Å². The van der Waals surface area contributed by atoms with E-state index in [9.17, 15) is 32.7 Å². The molecule has 9 heteroatoms. The van der Waals surface area contributed by atoms with Gasteiger partial charge in [-0.3, -0.25) is 0 Å². The first-order valence-corrected chi connectivity index (χ1v) is 8.68. The molecule has 3 aromatic carbocycles. The second-order valence-electron chi connectivity index (χ2n) is 5.54. The van der Waals surface area contributed by atoms with Crippen molar-refractivity contribution in [2.75, 3.05) is 4.72 Å². The SMILES string of the molecule is O=C(O)c1cc([S+]([O-])Nc2ccccc2C(F)(F)F)c2ccccc2c1O. The van der Waals surface area contributed by atoms with E-state index in [0.717, 1.165) is 18.2 Å². The van der Waals surface area contributed by atoms with Crippen LogP contribution in [0.25, 0.3) is 10.8 Å². The first-order valence-electron chi connectivity index (χ1n) is 7.53. The van der Waals surface area contributed by atoms with Gasteiger partial charge >= 0.3 is 12.1 Å². The zero-order chi connectivity index (χ0) is 19.8. The van der Waals surface area contributed by atoms with Gasteiger partial charge in [-0.05, 0) is 18.2 Å². The van der Waals surface area contributed by atoms with E-state index in [1.165, 1.54) is 24.3 Å². The van der Waals surface area contributed by atoms with Crippen LogP contribution in [-0.4, -0.2) is 20.7 Å². The average molecular weight is 395 g/mol. The smallest absolute Gasteiger partial charge is 0.418 e. The van der Waals surface area contributed by atoms with Crippen molar-refractivity contribution in [3.8, 4) is 5.75 Å². The number of carboxylic acids is 1. The third kappa shape index (κ3) is 3.64. The van der Waals surface area contributed by atoms with Gasteiger partial charge in [0, 0.05) is 16.8 Å². The monoisotopic (exact) mass is 395 g/mol. The largest absolute Gasteiger partial charge is 0.588 e. The Morgan fingerprint density at radius 3 is 2.26 bits per heavy atom. The summed E-state index contributed by atoms with van der Waals surface area (Å²) in [5, 5.41) is 19.8. The van der Waals surface area contributed by atoms with Crippen molar-refractivity contribution in [3.05, 3.63) is 65.7 Å². The molecule has 140 valence electrons. The van der Waals surface area contributed by atoms with Crippen LogP contribution in [0.5, 0.6) is 5.75 Å². The normalized spacial score (nSPS) is 12.7. The van der Waals surface area contributed by atoms with Crippen LogP contribution in [0.3, 0.4) is 0 Å². The summed E-state index contributed by atoms with van der Waals surface area (Å²) in [6, 6.07) is 11.6. The molecule has 0 aliphatic heterocycles. The van der Waals surface area contributed by atoms with Crippen LogP contribution >= 0.6 is 0 Å². The number of aromatic carboxylic acids is 1. The number of phenols is 1. The quantitative estimate of drug-likeness (QED) is 0.570. The number of halogens is 3. The zero-order valence-electron chi connectivity index (χ0n) is 13.4. The topological polar surface area (TPSA) is 92.6 Å². The van der Waals surface area contributed by atoms with Gasteiger partial charge in [-0.15, -0.1) is 0 Å². The fourth-order valence-electron chi connectivity index (χ4n) is 2.62. The van der Waals surface area contributed by atoms with Gasteiger partial charge in [-0.2, -0.15) is 13.2 Å². The van der Waals surface area contributed by atoms with Crippen molar-refractivity contribution in [2.24, 2.45) is 0 Å². The highest BCUT2D eigenvalue weighted by Gasteiger charge is 2.35. The number of anilines is 1. The van der Waals surface area contributed by atoms with Crippen LogP contribution in [0.15, 0.2) is 59.5 Å². The number of carboxylic acid groups (broad SMARTS) is 1. The number of alkyl halides is 3. The van der Waals surface area contributed by atoms with Gasteiger partial charge < -0.3 is 14.8 Å². The van der Waals surface area contributed by atoms with E-state index in [0.29, 0.717) is 0 Å². The summed E-state index contributed by atoms with van der Waals surface area (Å²) in [7, 11) is 0. The maximum atomic E-state index is 13.1. The lowest BCUT2D eigenvalue weighted by atomic mass is 10.1. The van der Waals surface area contributed by atoms with Crippen molar-refractivity contribution in [3.63, 3.8) is 0 Å². The van der Waals surface area contributed by atoms with E-state index >= 15 is 0 Å². The molecular formula is C18H12F3NO4S. The number of benzene rings is 3. The Balaban J connectivity index is 2.11. The third-order valence-electron chi connectivity index (χ3n) is 3.84. The fraction of sp³-hybridized carbons (Fsp3) is 0.0556. The molecule has 0 amide bonds. The predicted octanol–water partition coefficient (Wildman–Crippen LogP) is 4.40. The van der Waals surface area contributed by atoms with Crippen LogP contribution in [0.1, 0.15) is 15.9 Å². The summed E-state index contributed by atoms with van der Waals surface area (Å²) in [5.41, 5.74) is -1.90. The summed E-state index contributed by atoms with van der Waals surface area (Å²) in [6.07, 6.45) is -4.66. The lowest BCUT2D eigenvalue weighted by Crippen LogP contribution is -2.18. The molecule has 3 N–H and O–H groups in total. The van der Waals surface area contributed by atoms with Gasteiger partial charge in [-0.25, -0.2) is 9.52 Å². The van der Waals surface area contributed by atoms with Gasteiger partial charge in [0.05, 0.1) is 11.3 Å². The third-order valence-corrected chi connectivity index (χ3v) is 4.99. The molecule has 0 aromatic heterocycles. The van der Waals surface area contributed by atoms with Crippen LogP contribution in [-0.2, 0) is 17.5 Å². The number of hydrogen-bond donors (Lipinski definition) is 3. The van der Waals surface area contributed by atoms with Gasteiger partial charge in [0.2, 0.25) is 0 Å². The molecule has 0 aliphatic carbocycles. The first kappa shape index (κ1) is 18.9. The van der Waals surface area contributed by atoms with Crippen LogP contribution in [0, 0.1) is 0 Å². The minimum Gasteiger partial charge on any atom is -0.588 e.